The molecule has 2 heterocycles. The predicted octanol–water partition coefficient (Wildman–Crippen LogP) is 5.15. The molecule has 172 valence electrons. The first kappa shape index (κ1) is 22.8. The molecule has 2 aliphatic heterocycles. The van der Waals surface area contributed by atoms with Gasteiger partial charge in [0.2, 0.25) is 5.91 Å². The van der Waals surface area contributed by atoms with Crippen LogP contribution < -0.4 is 10.2 Å². The average molecular weight is 438 g/mol. The van der Waals surface area contributed by atoms with E-state index in [1.54, 1.807) is 6.07 Å². The lowest BCUT2D eigenvalue weighted by Crippen LogP contribution is -2.41. The molecular formula is C27H36FN3O. The Balaban J connectivity index is 1.25. The zero-order valence-corrected chi connectivity index (χ0v) is 19.4. The second kappa shape index (κ2) is 10.5. The van der Waals surface area contributed by atoms with Crippen molar-refractivity contribution >= 4 is 11.6 Å². The van der Waals surface area contributed by atoms with E-state index in [0.29, 0.717) is 6.54 Å². The van der Waals surface area contributed by atoms with Crippen LogP contribution >= 0.6 is 0 Å². The Bertz CT molecular complexity index is 892. The first-order valence-corrected chi connectivity index (χ1v) is 12.1. The molecule has 0 aliphatic carbocycles. The van der Waals surface area contributed by atoms with Crippen LogP contribution in [0.25, 0.3) is 0 Å². The van der Waals surface area contributed by atoms with Crippen molar-refractivity contribution in [3.05, 3.63) is 65.5 Å². The zero-order valence-electron chi connectivity index (χ0n) is 19.4. The van der Waals surface area contributed by atoms with Crippen molar-refractivity contribution in [1.82, 2.24) is 10.2 Å². The van der Waals surface area contributed by atoms with Gasteiger partial charge in [0, 0.05) is 36.8 Å². The summed E-state index contributed by atoms with van der Waals surface area (Å²) in [5.41, 5.74) is 3.15. The van der Waals surface area contributed by atoms with Gasteiger partial charge in [0.25, 0.3) is 0 Å². The van der Waals surface area contributed by atoms with E-state index < -0.39 is 0 Å². The molecule has 0 bridgehead atoms. The number of anilines is 1. The number of rotatable bonds is 6. The third-order valence-corrected chi connectivity index (χ3v) is 7.08. The van der Waals surface area contributed by atoms with E-state index in [4.69, 9.17) is 0 Å². The van der Waals surface area contributed by atoms with Gasteiger partial charge in [0.15, 0.2) is 0 Å². The number of piperidine rings is 2. The Morgan fingerprint density at radius 2 is 1.78 bits per heavy atom. The van der Waals surface area contributed by atoms with Gasteiger partial charge < -0.3 is 10.2 Å². The summed E-state index contributed by atoms with van der Waals surface area (Å²) in [6, 6.07) is 15.6. The van der Waals surface area contributed by atoms with Gasteiger partial charge >= 0.3 is 0 Å². The Morgan fingerprint density at radius 1 is 1.06 bits per heavy atom. The highest BCUT2D eigenvalue weighted by Crippen LogP contribution is 2.26. The Labute approximate surface area is 191 Å². The lowest BCUT2D eigenvalue weighted by atomic mass is 9.94. The van der Waals surface area contributed by atoms with Gasteiger partial charge in [-0.05, 0) is 75.4 Å². The Kier molecular flexibility index (Phi) is 7.46. The SMILES string of the molecule is CC1CCCN(c2ccc(C(C)NC(=O)C3CCN(Cc4ccccc4F)CC3)cc2)C1. The van der Waals surface area contributed by atoms with Crippen molar-refractivity contribution in [2.24, 2.45) is 11.8 Å². The number of carbonyl (C=O) groups is 1. The number of amides is 1. The van der Waals surface area contributed by atoms with Gasteiger partial charge in [-0.1, -0.05) is 37.3 Å². The lowest BCUT2D eigenvalue weighted by Gasteiger charge is -2.33. The van der Waals surface area contributed by atoms with Gasteiger partial charge in [0.1, 0.15) is 5.82 Å². The minimum absolute atomic E-state index is 0.00623. The van der Waals surface area contributed by atoms with Gasteiger partial charge in [-0.3, -0.25) is 9.69 Å². The fourth-order valence-corrected chi connectivity index (χ4v) is 5.03. The van der Waals surface area contributed by atoms with Crippen molar-refractivity contribution in [1.29, 1.82) is 0 Å². The fourth-order valence-electron chi connectivity index (χ4n) is 5.03. The Hall–Kier alpha value is -2.40. The van der Waals surface area contributed by atoms with Crippen LogP contribution in [0, 0.1) is 17.7 Å². The maximum absolute atomic E-state index is 13.9. The van der Waals surface area contributed by atoms with Crippen molar-refractivity contribution < 1.29 is 9.18 Å². The molecule has 4 rings (SSSR count). The average Bonchev–Trinajstić information content (AvgIpc) is 2.81. The highest BCUT2D eigenvalue weighted by molar-refractivity contribution is 5.79. The zero-order chi connectivity index (χ0) is 22.5. The maximum atomic E-state index is 13.9. The van der Waals surface area contributed by atoms with Crippen molar-refractivity contribution in [3.63, 3.8) is 0 Å². The summed E-state index contributed by atoms with van der Waals surface area (Å²) in [6.45, 7) is 8.89. The van der Waals surface area contributed by atoms with Crippen LogP contribution in [0.2, 0.25) is 0 Å². The second-order valence-corrected chi connectivity index (χ2v) is 9.66. The van der Waals surface area contributed by atoms with Crippen LogP contribution in [-0.2, 0) is 11.3 Å². The van der Waals surface area contributed by atoms with Crippen LogP contribution in [0.1, 0.15) is 56.7 Å². The molecule has 1 N–H and O–H groups in total. The first-order chi connectivity index (χ1) is 15.5. The van der Waals surface area contributed by atoms with E-state index in [1.807, 2.05) is 12.1 Å². The lowest BCUT2D eigenvalue weighted by molar-refractivity contribution is -0.127. The summed E-state index contributed by atoms with van der Waals surface area (Å²) in [6.07, 6.45) is 4.21. The minimum atomic E-state index is -0.151. The quantitative estimate of drug-likeness (QED) is 0.679. The van der Waals surface area contributed by atoms with E-state index in [1.165, 1.54) is 24.6 Å². The smallest absolute Gasteiger partial charge is 0.223 e. The maximum Gasteiger partial charge on any atom is 0.223 e. The molecule has 0 spiro atoms. The van der Waals surface area contributed by atoms with Crippen molar-refractivity contribution in [2.75, 3.05) is 31.1 Å². The fraction of sp³-hybridized carbons (Fsp3) is 0.519. The number of carbonyl (C=O) groups excluding carboxylic acids is 1. The number of benzene rings is 2. The highest BCUT2D eigenvalue weighted by atomic mass is 19.1. The summed E-state index contributed by atoms with van der Waals surface area (Å²) in [7, 11) is 0. The number of nitrogens with one attached hydrogen (secondary N) is 1. The second-order valence-electron chi connectivity index (χ2n) is 9.66. The number of halogens is 1. The Morgan fingerprint density at radius 3 is 2.47 bits per heavy atom. The molecule has 2 saturated heterocycles. The van der Waals surface area contributed by atoms with Crippen molar-refractivity contribution in [2.45, 2.75) is 52.1 Å². The molecule has 0 saturated carbocycles. The van der Waals surface area contributed by atoms with Gasteiger partial charge in [-0.25, -0.2) is 4.39 Å². The summed E-state index contributed by atoms with van der Waals surface area (Å²) in [5, 5.41) is 3.21. The molecular weight excluding hydrogens is 401 g/mol. The minimum Gasteiger partial charge on any atom is -0.371 e. The molecule has 2 fully saturated rings. The third-order valence-electron chi connectivity index (χ3n) is 7.08. The molecule has 4 nitrogen and oxygen atoms in total. The number of nitrogens with zero attached hydrogens (tertiary/aromatic N) is 2. The molecule has 2 unspecified atom stereocenters. The molecule has 0 aromatic heterocycles. The number of hydrogen-bond donors (Lipinski definition) is 1. The predicted molar refractivity (Wildman–Crippen MR) is 128 cm³/mol. The van der Waals surface area contributed by atoms with Gasteiger partial charge in [-0.15, -0.1) is 0 Å². The van der Waals surface area contributed by atoms with Crippen LogP contribution in [0.4, 0.5) is 10.1 Å². The number of hydrogen-bond acceptors (Lipinski definition) is 3. The van der Waals surface area contributed by atoms with E-state index in [0.717, 1.165) is 56.1 Å². The van der Waals surface area contributed by atoms with E-state index in [2.05, 4.69) is 53.2 Å². The summed E-state index contributed by atoms with van der Waals surface area (Å²) in [4.78, 5) is 17.6. The largest absolute Gasteiger partial charge is 0.371 e. The van der Waals surface area contributed by atoms with Crippen molar-refractivity contribution in [3.8, 4) is 0 Å². The molecule has 2 aromatic carbocycles. The van der Waals surface area contributed by atoms with Crippen LogP contribution in [0.3, 0.4) is 0 Å². The third kappa shape index (κ3) is 5.69. The number of likely N-dealkylation sites (tertiary alicyclic amines) is 1. The monoisotopic (exact) mass is 437 g/mol. The summed E-state index contributed by atoms with van der Waals surface area (Å²) in [5.74, 6) is 0.766. The van der Waals surface area contributed by atoms with E-state index >= 15 is 0 Å². The molecule has 0 radical (unpaired) electrons. The summed E-state index contributed by atoms with van der Waals surface area (Å²) >= 11 is 0. The molecule has 2 aromatic rings. The van der Waals surface area contributed by atoms with Crippen LogP contribution in [0.15, 0.2) is 48.5 Å². The van der Waals surface area contributed by atoms with Crippen LogP contribution in [-0.4, -0.2) is 37.0 Å². The summed E-state index contributed by atoms with van der Waals surface area (Å²) < 4.78 is 13.9. The van der Waals surface area contributed by atoms with E-state index in [9.17, 15) is 9.18 Å². The molecule has 2 atom stereocenters. The van der Waals surface area contributed by atoms with Crippen LogP contribution in [0.5, 0.6) is 0 Å². The molecule has 32 heavy (non-hydrogen) atoms. The van der Waals surface area contributed by atoms with E-state index in [-0.39, 0.29) is 23.7 Å². The first-order valence-electron chi connectivity index (χ1n) is 12.1. The molecule has 1 amide bonds. The van der Waals surface area contributed by atoms with Gasteiger partial charge in [0.05, 0.1) is 6.04 Å². The van der Waals surface area contributed by atoms with Gasteiger partial charge in [-0.2, -0.15) is 0 Å². The topological polar surface area (TPSA) is 35.6 Å². The normalized spacial score (nSPS) is 21.3. The molecule has 2 aliphatic rings. The highest BCUT2D eigenvalue weighted by Gasteiger charge is 2.26. The molecule has 5 heteroatoms. The standard InChI is InChI=1S/C27H36FN3O/c1-20-6-5-15-31(18-20)25-11-9-22(10-12-25)21(2)29-27(32)23-13-16-30(17-14-23)19-24-7-3-4-8-26(24)28/h3-4,7-12,20-21,23H,5-6,13-19H2,1-2H3,(H,29,32).